The number of para-hydroxylation sites is 1. The Labute approximate surface area is 191 Å². The van der Waals surface area contributed by atoms with Gasteiger partial charge in [0, 0.05) is 18.7 Å². The largest absolute Gasteiger partial charge is 0.507 e. The molecule has 3 N–H and O–H groups in total. The normalized spacial score (nSPS) is 13.5. The van der Waals surface area contributed by atoms with Gasteiger partial charge in [-0.1, -0.05) is 32.0 Å². The molecule has 1 aromatic carbocycles. The zero-order chi connectivity index (χ0) is 24.8. The molecule has 0 aliphatic heterocycles. The Kier molecular flexibility index (Phi) is 9.54. The summed E-state index contributed by atoms with van der Waals surface area (Å²) in [7, 11) is 1.50. The molecule has 2 atom stereocenters. The van der Waals surface area contributed by atoms with Gasteiger partial charge in [-0.2, -0.15) is 0 Å². The van der Waals surface area contributed by atoms with Crippen LogP contribution in [0.3, 0.4) is 0 Å². The van der Waals surface area contributed by atoms with Crippen LogP contribution in [0.5, 0.6) is 5.75 Å². The van der Waals surface area contributed by atoms with Crippen molar-refractivity contribution in [3.8, 4) is 5.75 Å². The Morgan fingerprint density at radius 2 is 1.69 bits per heavy atom. The van der Waals surface area contributed by atoms with Crippen LogP contribution in [0.1, 0.15) is 72.1 Å². The first-order valence-corrected chi connectivity index (χ1v) is 11.0. The summed E-state index contributed by atoms with van der Waals surface area (Å²) >= 11 is 0. The molecular formula is C24H39N3O5. The van der Waals surface area contributed by atoms with Gasteiger partial charge in [0.05, 0.1) is 0 Å². The molecule has 1 aromatic rings. The van der Waals surface area contributed by atoms with Crippen molar-refractivity contribution in [3.63, 3.8) is 0 Å². The van der Waals surface area contributed by atoms with Crippen molar-refractivity contribution < 1.29 is 24.2 Å². The van der Waals surface area contributed by atoms with Gasteiger partial charge in [-0.3, -0.25) is 9.59 Å². The first kappa shape index (κ1) is 27.3. The second kappa shape index (κ2) is 11.2. The van der Waals surface area contributed by atoms with Crippen LogP contribution in [-0.4, -0.2) is 52.6 Å². The third-order valence-electron chi connectivity index (χ3n) is 4.67. The molecule has 2 unspecified atom stereocenters. The Morgan fingerprint density at radius 1 is 1.09 bits per heavy atom. The summed E-state index contributed by atoms with van der Waals surface area (Å²) in [5.74, 6) is -0.814. The number of nitrogens with zero attached hydrogens (tertiary/aromatic N) is 1. The molecular weight excluding hydrogens is 410 g/mol. The molecule has 1 rings (SSSR count). The summed E-state index contributed by atoms with van der Waals surface area (Å²) in [4.78, 5) is 40.2. The van der Waals surface area contributed by atoms with Crippen LogP contribution in [0, 0.1) is 12.8 Å². The number of ether oxygens (including phenoxy) is 1. The number of benzene rings is 1. The van der Waals surface area contributed by atoms with Crippen molar-refractivity contribution in [3.05, 3.63) is 29.3 Å². The molecule has 0 saturated carbocycles. The zero-order valence-electron chi connectivity index (χ0n) is 20.8. The van der Waals surface area contributed by atoms with Crippen LogP contribution < -0.4 is 10.6 Å². The summed E-state index contributed by atoms with van der Waals surface area (Å²) in [5.41, 5.74) is 0.199. The number of hydrogen-bond donors (Lipinski definition) is 3. The third-order valence-corrected chi connectivity index (χ3v) is 4.67. The number of phenolic OH excluding ortho intramolecular Hbond substituents is 1. The highest BCUT2D eigenvalue weighted by Crippen LogP contribution is 2.31. The van der Waals surface area contributed by atoms with Gasteiger partial charge in [-0.15, -0.1) is 0 Å². The summed E-state index contributed by atoms with van der Waals surface area (Å²) < 4.78 is 5.32. The minimum absolute atomic E-state index is 0.0448. The first-order chi connectivity index (χ1) is 14.6. The van der Waals surface area contributed by atoms with Crippen LogP contribution >= 0.6 is 0 Å². The number of phenols is 1. The van der Waals surface area contributed by atoms with Gasteiger partial charge in [0.25, 0.3) is 0 Å². The third kappa shape index (κ3) is 8.05. The highest BCUT2D eigenvalue weighted by molar-refractivity contribution is 5.92. The van der Waals surface area contributed by atoms with E-state index in [0.717, 1.165) is 0 Å². The summed E-state index contributed by atoms with van der Waals surface area (Å²) in [6.45, 7) is 14.5. The molecule has 0 aromatic heterocycles. The Bertz CT molecular complexity index is 814. The lowest BCUT2D eigenvalue weighted by atomic mass is 9.98. The lowest BCUT2D eigenvalue weighted by molar-refractivity contribution is -0.141. The van der Waals surface area contributed by atoms with E-state index in [-0.39, 0.29) is 17.7 Å². The quantitative estimate of drug-likeness (QED) is 0.561. The lowest BCUT2D eigenvalue weighted by Crippen LogP contribution is -2.52. The van der Waals surface area contributed by atoms with Crippen molar-refractivity contribution in [1.29, 1.82) is 0 Å². The number of alkyl carbamates (subject to hydrolysis) is 1. The van der Waals surface area contributed by atoms with E-state index in [0.29, 0.717) is 17.5 Å². The maximum absolute atomic E-state index is 13.5. The summed E-state index contributed by atoms with van der Waals surface area (Å²) in [6.07, 6.45) is -0.340. The van der Waals surface area contributed by atoms with E-state index >= 15 is 0 Å². The molecule has 0 saturated heterocycles. The SMILES string of the molecule is Cc1cccc(C(C(=O)NC(C)C)N(C)C(=O)C(CC(C)C)NC(=O)OC(C)(C)C)c1O. The monoisotopic (exact) mass is 449 g/mol. The van der Waals surface area contributed by atoms with Crippen molar-refractivity contribution >= 4 is 17.9 Å². The van der Waals surface area contributed by atoms with E-state index in [2.05, 4.69) is 10.6 Å². The first-order valence-electron chi connectivity index (χ1n) is 11.0. The van der Waals surface area contributed by atoms with Crippen LogP contribution in [0.4, 0.5) is 4.79 Å². The van der Waals surface area contributed by atoms with Gasteiger partial charge in [0.1, 0.15) is 23.4 Å². The van der Waals surface area contributed by atoms with Crippen LogP contribution in [0.25, 0.3) is 0 Å². The van der Waals surface area contributed by atoms with Gasteiger partial charge in [-0.25, -0.2) is 4.79 Å². The number of carbonyl (C=O) groups is 3. The van der Waals surface area contributed by atoms with E-state index in [1.54, 1.807) is 45.9 Å². The van der Waals surface area contributed by atoms with Gasteiger partial charge < -0.3 is 25.4 Å². The Hall–Kier alpha value is -2.77. The zero-order valence-corrected chi connectivity index (χ0v) is 20.8. The lowest BCUT2D eigenvalue weighted by Gasteiger charge is -2.33. The van der Waals surface area contributed by atoms with Gasteiger partial charge in [0.15, 0.2) is 0 Å². The fourth-order valence-electron chi connectivity index (χ4n) is 3.31. The predicted molar refractivity (Wildman–Crippen MR) is 124 cm³/mol. The fraction of sp³-hybridized carbons (Fsp3) is 0.625. The fourth-order valence-corrected chi connectivity index (χ4v) is 3.31. The van der Waals surface area contributed by atoms with Gasteiger partial charge >= 0.3 is 6.09 Å². The molecule has 32 heavy (non-hydrogen) atoms. The molecule has 0 heterocycles. The van der Waals surface area contributed by atoms with E-state index in [4.69, 9.17) is 4.74 Å². The Balaban J connectivity index is 3.32. The van der Waals surface area contributed by atoms with Crippen molar-refractivity contribution in [2.75, 3.05) is 7.05 Å². The van der Waals surface area contributed by atoms with Crippen molar-refractivity contribution in [2.45, 2.75) is 85.5 Å². The van der Waals surface area contributed by atoms with E-state index in [1.165, 1.54) is 11.9 Å². The molecule has 0 bridgehead atoms. The van der Waals surface area contributed by atoms with Crippen molar-refractivity contribution in [1.82, 2.24) is 15.5 Å². The number of likely N-dealkylation sites (N-methyl/N-ethyl adjacent to an activating group) is 1. The standard InChI is InChI=1S/C24H39N3O5/c1-14(2)13-18(26-23(31)32-24(6,7)8)22(30)27(9)19(21(29)25-15(3)4)17-12-10-11-16(5)20(17)28/h10-12,14-15,18-19,28H,13H2,1-9H3,(H,25,29)(H,26,31). The molecule has 0 aliphatic carbocycles. The predicted octanol–water partition coefficient (Wildman–Crippen LogP) is 3.66. The number of nitrogens with one attached hydrogen (secondary N) is 2. The smallest absolute Gasteiger partial charge is 0.408 e. The van der Waals surface area contributed by atoms with Crippen LogP contribution in [-0.2, 0) is 14.3 Å². The molecule has 0 spiro atoms. The average Bonchev–Trinajstić information content (AvgIpc) is 2.61. The summed E-state index contributed by atoms with van der Waals surface area (Å²) in [5, 5.41) is 16.1. The molecule has 180 valence electrons. The van der Waals surface area contributed by atoms with E-state index < -0.39 is 35.6 Å². The number of hydrogen-bond acceptors (Lipinski definition) is 5. The minimum Gasteiger partial charge on any atom is -0.507 e. The van der Waals surface area contributed by atoms with E-state index in [1.807, 2.05) is 27.7 Å². The molecule has 3 amide bonds. The van der Waals surface area contributed by atoms with Crippen molar-refractivity contribution in [2.24, 2.45) is 5.92 Å². The number of amides is 3. The highest BCUT2D eigenvalue weighted by Gasteiger charge is 2.36. The molecule has 8 nitrogen and oxygen atoms in total. The second-order valence-corrected chi connectivity index (χ2v) is 9.86. The number of aryl methyl sites for hydroxylation is 1. The van der Waals surface area contributed by atoms with Crippen LogP contribution in [0.15, 0.2) is 18.2 Å². The molecule has 0 aliphatic rings. The second-order valence-electron chi connectivity index (χ2n) is 9.86. The van der Waals surface area contributed by atoms with Crippen LogP contribution in [0.2, 0.25) is 0 Å². The summed E-state index contributed by atoms with van der Waals surface area (Å²) in [6, 6.07) is 2.95. The van der Waals surface area contributed by atoms with E-state index in [9.17, 15) is 19.5 Å². The highest BCUT2D eigenvalue weighted by atomic mass is 16.6. The molecule has 0 radical (unpaired) electrons. The average molecular weight is 450 g/mol. The Morgan fingerprint density at radius 3 is 2.19 bits per heavy atom. The maximum Gasteiger partial charge on any atom is 0.408 e. The van der Waals surface area contributed by atoms with Gasteiger partial charge in [-0.05, 0) is 59.4 Å². The van der Waals surface area contributed by atoms with Gasteiger partial charge in [0.2, 0.25) is 11.8 Å². The maximum atomic E-state index is 13.5. The minimum atomic E-state index is -1.07. The molecule has 8 heteroatoms. The number of rotatable bonds is 8. The topological polar surface area (TPSA) is 108 Å². The number of carbonyl (C=O) groups excluding carboxylic acids is 3. The number of aromatic hydroxyl groups is 1. The molecule has 0 fully saturated rings.